The zero-order chi connectivity index (χ0) is 25.3. The van der Waals surface area contributed by atoms with E-state index in [0.717, 1.165) is 22.5 Å². The summed E-state index contributed by atoms with van der Waals surface area (Å²) in [7, 11) is -3.76. The average molecular weight is 512 g/mol. The molecule has 0 aliphatic carbocycles. The van der Waals surface area contributed by atoms with E-state index in [0.29, 0.717) is 11.6 Å². The highest BCUT2D eigenvalue weighted by Gasteiger charge is 2.27. The molecule has 0 radical (unpaired) electrons. The number of amides is 2. The predicted octanol–water partition coefficient (Wildman–Crippen LogP) is 3.97. The van der Waals surface area contributed by atoms with Crippen molar-refractivity contribution < 1.29 is 22.4 Å². The van der Waals surface area contributed by atoms with Crippen molar-refractivity contribution in [2.75, 3.05) is 23.7 Å². The molecule has 0 saturated carbocycles. The van der Waals surface area contributed by atoms with Crippen molar-refractivity contribution in [1.29, 1.82) is 0 Å². The van der Waals surface area contributed by atoms with E-state index in [1.165, 1.54) is 23.1 Å². The molecule has 34 heavy (non-hydrogen) atoms. The van der Waals surface area contributed by atoms with Crippen molar-refractivity contribution in [3.63, 3.8) is 0 Å². The van der Waals surface area contributed by atoms with Crippen molar-refractivity contribution in [3.8, 4) is 0 Å². The summed E-state index contributed by atoms with van der Waals surface area (Å²) in [5, 5.41) is 3.31. The van der Waals surface area contributed by atoms with Crippen LogP contribution in [0.1, 0.15) is 38.7 Å². The van der Waals surface area contributed by atoms with Gasteiger partial charge in [-0.1, -0.05) is 42.8 Å². The average Bonchev–Trinajstić information content (AvgIpc) is 2.78. The third-order valence-corrected chi connectivity index (χ3v) is 6.65. The number of halogens is 2. The second kappa shape index (κ2) is 12.7. The molecule has 2 aromatic rings. The normalized spacial score (nSPS) is 12.1. The van der Waals surface area contributed by atoms with Gasteiger partial charge in [0.2, 0.25) is 21.8 Å². The molecule has 2 amide bonds. The zero-order valence-electron chi connectivity index (χ0n) is 19.6. The zero-order valence-corrected chi connectivity index (χ0v) is 21.2. The Balaban J connectivity index is 2.16. The van der Waals surface area contributed by atoms with E-state index in [1.807, 2.05) is 13.0 Å². The van der Waals surface area contributed by atoms with Crippen molar-refractivity contribution in [1.82, 2.24) is 10.2 Å². The van der Waals surface area contributed by atoms with Gasteiger partial charge in [0.05, 0.1) is 11.9 Å². The summed E-state index contributed by atoms with van der Waals surface area (Å²) in [6.07, 6.45) is 1.88. The molecule has 7 nitrogen and oxygen atoms in total. The minimum atomic E-state index is -3.76. The molecule has 186 valence electrons. The van der Waals surface area contributed by atoms with Crippen LogP contribution in [0, 0.1) is 5.82 Å². The number of hydrogen-bond acceptors (Lipinski definition) is 4. The fraction of sp³-hybridized carbons (Fsp3) is 0.417. The lowest BCUT2D eigenvalue weighted by Gasteiger charge is -2.29. The maximum absolute atomic E-state index is 14.2. The molecule has 0 bridgehead atoms. The van der Waals surface area contributed by atoms with Gasteiger partial charge in [-0.2, -0.15) is 0 Å². The first-order chi connectivity index (χ1) is 16.0. The largest absolute Gasteiger partial charge is 0.354 e. The Morgan fingerprint density at radius 1 is 1.15 bits per heavy atom. The van der Waals surface area contributed by atoms with Crippen LogP contribution in [0.4, 0.5) is 10.1 Å². The molecule has 0 aliphatic rings. The summed E-state index contributed by atoms with van der Waals surface area (Å²) in [6.45, 7) is 4.17. The highest BCUT2D eigenvalue weighted by atomic mass is 35.5. The third-order valence-electron chi connectivity index (χ3n) is 5.23. The number of benzene rings is 2. The standard InChI is InChI=1S/C24H31ClFN3O4S/c1-4-14-27-24(31)18(2)28(17-19-9-7-10-20(25)16-19)23(30)13-8-15-29(34(3,32)33)22-12-6-5-11-21(22)26/h5-7,9-12,16,18H,4,8,13-15,17H2,1-3H3,(H,27,31)/t18-/m0/s1. The smallest absolute Gasteiger partial charge is 0.242 e. The second-order valence-electron chi connectivity index (χ2n) is 8.01. The van der Waals surface area contributed by atoms with Crippen molar-refractivity contribution in [3.05, 3.63) is 64.9 Å². The first-order valence-corrected chi connectivity index (χ1v) is 13.3. The lowest BCUT2D eigenvalue weighted by Crippen LogP contribution is -2.47. The first-order valence-electron chi connectivity index (χ1n) is 11.1. The molecule has 0 aromatic heterocycles. The van der Waals surface area contributed by atoms with Crippen LogP contribution >= 0.6 is 11.6 Å². The Morgan fingerprint density at radius 3 is 2.47 bits per heavy atom. The van der Waals surface area contributed by atoms with Crippen LogP contribution < -0.4 is 9.62 Å². The van der Waals surface area contributed by atoms with E-state index >= 15 is 0 Å². The van der Waals surface area contributed by atoms with E-state index in [2.05, 4.69) is 5.32 Å². The fourth-order valence-corrected chi connectivity index (χ4v) is 4.63. The van der Waals surface area contributed by atoms with Crippen molar-refractivity contribution in [2.45, 2.75) is 45.7 Å². The number of nitrogens with one attached hydrogen (secondary N) is 1. The Morgan fingerprint density at radius 2 is 1.85 bits per heavy atom. The predicted molar refractivity (Wildman–Crippen MR) is 133 cm³/mol. The summed E-state index contributed by atoms with van der Waals surface area (Å²) < 4.78 is 39.7. The molecule has 0 fully saturated rings. The Bertz CT molecular complexity index is 1100. The number of rotatable bonds is 12. The molecule has 1 N–H and O–H groups in total. The molecule has 0 unspecified atom stereocenters. The monoisotopic (exact) mass is 511 g/mol. The van der Waals surface area contributed by atoms with Gasteiger partial charge in [-0.25, -0.2) is 12.8 Å². The Hall–Kier alpha value is -2.65. The van der Waals surface area contributed by atoms with Gasteiger partial charge in [-0.05, 0) is 49.6 Å². The molecule has 1 atom stereocenters. The SMILES string of the molecule is CCCNC(=O)[C@H](C)N(Cc1cccc(Cl)c1)C(=O)CCCN(c1ccccc1F)S(C)(=O)=O. The third kappa shape index (κ3) is 7.99. The maximum Gasteiger partial charge on any atom is 0.242 e. The molecule has 2 rings (SSSR count). The van der Waals surface area contributed by atoms with Crippen LogP contribution in [0.5, 0.6) is 0 Å². The van der Waals surface area contributed by atoms with Gasteiger partial charge in [0.25, 0.3) is 0 Å². The summed E-state index contributed by atoms with van der Waals surface area (Å²) in [4.78, 5) is 27.2. The summed E-state index contributed by atoms with van der Waals surface area (Å²) >= 11 is 6.07. The molecule has 2 aromatic carbocycles. The van der Waals surface area contributed by atoms with Gasteiger partial charge in [0, 0.05) is 31.1 Å². The number of nitrogens with zero attached hydrogens (tertiary/aromatic N) is 2. The van der Waals surface area contributed by atoms with Gasteiger partial charge >= 0.3 is 0 Å². The minimum absolute atomic E-state index is 0.0214. The van der Waals surface area contributed by atoms with Crippen molar-refractivity contribution >= 4 is 39.1 Å². The molecule has 0 spiro atoms. The number of hydrogen-bond donors (Lipinski definition) is 1. The number of sulfonamides is 1. The number of para-hydroxylation sites is 1. The van der Waals surface area contributed by atoms with Gasteiger partial charge in [-0.15, -0.1) is 0 Å². The minimum Gasteiger partial charge on any atom is -0.354 e. The number of carbonyl (C=O) groups is 2. The van der Waals surface area contributed by atoms with Crippen LogP contribution in [0.2, 0.25) is 5.02 Å². The van der Waals surface area contributed by atoms with Gasteiger partial charge in [0.15, 0.2) is 0 Å². The highest BCUT2D eigenvalue weighted by molar-refractivity contribution is 7.92. The van der Waals surface area contributed by atoms with E-state index in [9.17, 15) is 22.4 Å². The summed E-state index contributed by atoms with van der Waals surface area (Å²) in [6, 6.07) is 11.9. The quantitative estimate of drug-likeness (QED) is 0.467. The van der Waals surface area contributed by atoms with Crippen LogP contribution in [0.15, 0.2) is 48.5 Å². The van der Waals surface area contributed by atoms with Crippen molar-refractivity contribution in [2.24, 2.45) is 0 Å². The van der Waals surface area contributed by atoms with Gasteiger partial charge < -0.3 is 10.2 Å². The Labute approximate surface area is 205 Å². The second-order valence-corrected chi connectivity index (χ2v) is 10.4. The highest BCUT2D eigenvalue weighted by Crippen LogP contribution is 2.22. The number of anilines is 1. The maximum atomic E-state index is 14.2. The van der Waals surface area contributed by atoms with Crippen LogP contribution in [-0.4, -0.2) is 50.5 Å². The molecule has 0 aliphatic heterocycles. The molecule has 0 saturated heterocycles. The topological polar surface area (TPSA) is 86.8 Å². The first kappa shape index (κ1) is 27.6. The lowest BCUT2D eigenvalue weighted by atomic mass is 10.1. The van der Waals surface area contributed by atoms with Gasteiger partial charge in [-0.3, -0.25) is 13.9 Å². The van der Waals surface area contributed by atoms with E-state index in [4.69, 9.17) is 11.6 Å². The van der Waals surface area contributed by atoms with E-state index in [-0.39, 0.29) is 43.4 Å². The molecule has 0 heterocycles. The number of carbonyl (C=O) groups excluding carboxylic acids is 2. The van der Waals surface area contributed by atoms with E-state index < -0.39 is 21.9 Å². The summed E-state index contributed by atoms with van der Waals surface area (Å²) in [5.74, 6) is -1.26. The molecular formula is C24H31ClFN3O4S. The van der Waals surface area contributed by atoms with Crippen LogP contribution in [0.25, 0.3) is 0 Å². The lowest BCUT2D eigenvalue weighted by molar-refractivity contribution is -0.140. The van der Waals surface area contributed by atoms with Crippen LogP contribution in [-0.2, 0) is 26.2 Å². The fourth-order valence-electron chi connectivity index (χ4n) is 3.45. The van der Waals surface area contributed by atoms with Crippen LogP contribution in [0.3, 0.4) is 0 Å². The molecular weight excluding hydrogens is 481 g/mol. The Kier molecular flexibility index (Phi) is 10.3. The van der Waals surface area contributed by atoms with Gasteiger partial charge in [0.1, 0.15) is 11.9 Å². The molecule has 10 heteroatoms. The summed E-state index contributed by atoms with van der Waals surface area (Å²) in [5.41, 5.74) is 0.695. The van der Waals surface area contributed by atoms with E-state index in [1.54, 1.807) is 31.2 Å².